The lowest BCUT2D eigenvalue weighted by atomic mass is 9.72. The molecule has 4 atom stereocenters. The van der Waals surface area contributed by atoms with Crippen LogP contribution in [0.2, 0.25) is 0 Å². The van der Waals surface area contributed by atoms with Crippen molar-refractivity contribution in [3.63, 3.8) is 0 Å². The van der Waals surface area contributed by atoms with Crippen LogP contribution in [0.4, 0.5) is 0 Å². The van der Waals surface area contributed by atoms with Gasteiger partial charge in [-0.1, -0.05) is 50.2 Å². The van der Waals surface area contributed by atoms with E-state index in [4.69, 9.17) is 14.0 Å². The summed E-state index contributed by atoms with van der Waals surface area (Å²) in [4.78, 5) is 65.8. The van der Waals surface area contributed by atoms with Crippen LogP contribution in [-0.4, -0.2) is 84.8 Å². The first kappa shape index (κ1) is 32.2. The monoisotopic (exact) mass is 583 g/mol. The summed E-state index contributed by atoms with van der Waals surface area (Å²) in [5, 5.41) is 15.6. The molecule has 14 heteroatoms. The quantitative estimate of drug-likeness (QED) is 0.124. The second kappa shape index (κ2) is 15.6. The fraction of sp³-hybridized carbons (Fsp3) is 0.429. The largest absolute Gasteiger partial charge is 0.551 e. The molecule has 1 aliphatic rings. The molecule has 1 fully saturated rings. The maximum absolute atomic E-state index is 13.3. The van der Waals surface area contributed by atoms with E-state index < -0.39 is 61.5 Å². The van der Waals surface area contributed by atoms with Gasteiger partial charge in [-0.3, -0.25) is 19.2 Å². The molecule has 1 aromatic heterocycles. The van der Waals surface area contributed by atoms with Gasteiger partial charge in [0.05, 0.1) is 24.2 Å². The summed E-state index contributed by atoms with van der Waals surface area (Å²) >= 11 is 0. The van der Waals surface area contributed by atoms with Crippen molar-refractivity contribution in [2.75, 3.05) is 13.2 Å². The number of aliphatic hydroxyl groups is 1. The highest BCUT2D eigenvalue weighted by Crippen LogP contribution is 2.20. The molecule has 1 saturated heterocycles. The Morgan fingerprint density at radius 3 is 2.50 bits per heavy atom. The number of aromatic nitrogens is 1. The Labute approximate surface area is 243 Å². The van der Waals surface area contributed by atoms with Gasteiger partial charge in [0.1, 0.15) is 24.9 Å². The summed E-state index contributed by atoms with van der Waals surface area (Å²) < 4.78 is 20.4. The van der Waals surface area contributed by atoms with Crippen molar-refractivity contribution in [1.29, 1.82) is 0 Å². The molecule has 1 aromatic carbocycles. The van der Waals surface area contributed by atoms with Crippen LogP contribution in [0.5, 0.6) is 0 Å². The lowest BCUT2D eigenvalue weighted by Crippen LogP contribution is -2.60. The number of pyridine rings is 1. The van der Waals surface area contributed by atoms with Crippen LogP contribution >= 0.6 is 0 Å². The topological polar surface area (TPSA) is 179 Å². The van der Waals surface area contributed by atoms with Gasteiger partial charge in [0, 0.05) is 5.56 Å². The molecular formula is C28H34BN3O10. The van der Waals surface area contributed by atoms with E-state index in [2.05, 4.69) is 20.4 Å². The molecule has 0 bridgehead atoms. The van der Waals surface area contributed by atoms with Crippen LogP contribution in [-0.2, 0) is 38.0 Å². The zero-order valence-corrected chi connectivity index (χ0v) is 23.6. The van der Waals surface area contributed by atoms with E-state index in [1.54, 1.807) is 12.1 Å². The number of carbonyl (C=O) groups excluding carboxylic acids is 5. The zero-order chi connectivity index (χ0) is 30.6. The van der Waals surface area contributed by atoms with E-state index in [9.17, 15) is 29.1 Å². The Bertz CT molecular complexity index is 1240. The number of amides is 2. The van der Waals surface area contributed by atoms with Crippen LogP contribution in [0.3, 0.4) is 0 Å². The molecular weight excluding hydrogens is 549 g/mol. The molecule has 42 heavy (non-hydrogen) atoms. The van der Waals surface area contributed by atoms with E-state index in [0.717, 1.165) is 5.56 Å². The number of hydrogen-bond donors (Lipinski definition) is 3. The molecule has 3 N–H and O–H groups in total. The van der Waals surface area contributed by atoms with Gasteiger partial charge in [-0.15, -0.1) is 0 Å². The number of benzene rings is 1. The predicted molar refractivity (Wildman–Crippen MR) is 148 cm³/mol. The summed E-state index contributed by atoms with van der Waals surface area (Å²) in [5.74, 6) is -4.01. The molecule has 224 valence electrons. The fourth-order valence-electron chi connectivity index (χ4n) is 4.18. The minimum atomic E-state index is -1.40. The number of rotatable bonds is 14. The van der Waals surface area contributed by atoms with E-state index >= 15 is 0 Å². The van der Waals surface area contributed by atoms with Gasteiger partial charge in [-0.25, -0.2) is 9.78 Å². The van der Waals surface area contributed by atoms with E-state index in [0.29, 0.717) is 5.69 Å². The van der Waals surface area contributed by atoms with Crippen molar-refractivity contribution in [3.8, 4) is 11.3 Å². The number of esters is 1. The molecule has 0 saturated carbocycles. The average molecular weight is 583 g/mol. The Morgan fingerprint density at radius 1 is 1.10 bits per heavy atom. The number of nitrogens with one attached hydrogen (secondary N) is 2. The summed E-state index contributed by atoms with van der Waals surface area (Å²) in [6.07, 6.45) is -2.76. The Morgan fingerprint density at radius 2 is 1.83 bits per heavy atom. The number of hydrogen-bond acceptors (Lipinski definition) is 11. The molecule has 2 amide bonds. The standard InChI is InChI=1S/C28H34BN3O10/c1-17(2)14-23(29-41-22(15-24(35)42-29)28(38)40-13-12-39-16-33)31-27(37)25(18(3)34)32-26(36)21-11-7-10-20(30-21)19-8-5-4-6-9-19/h4-11,16-18,22-23,25,34H,12-15H2,1-3H3,(H,31,37)(H,32,36)/t18-,22+,23+,25+/m1/s1. The third kappa shape index (κ3) is 9.38. The third-order valence-corrected chi connectivity index (χ3v) is 6.16. The lowest BCUT2D eigenvalue weighted by molar-refractivity contribution is -0.163. The predicted octanol–water partition coefficient (Wildman–Crippen LogP) is 0.834. The minimum absolute atomic E-state index is 0.0186. The highest BCUT2D eigenvalue weighted by Gasteiger charge is 2.45. The minimum Gasteiger partial charge on any atom is -0.508 e. The number of ether oxygens (including phenoxy) is 2. The fourth-order valence-corrected chi connectivity index (χ4v) is 4.18. The van der Waals surface area contributed by atoms with Gasteiger partial charge in [0.25, 0.3) is 18.3 Å². The van der Waals surface area contributed by atoms with Crippen molar-refractivity contribution in [3.05, 3.63) is 54.2 Å². The smallest absolute Gasteiger partial charge is 0.508 e. The summed E-state index contributed by atoms with van der Waals surface area (Å²) in [6, 6.07) is 12.7. The van der Waals surface area contributed by atoms with Gasteiger partial charge in [0.2, 0.25) is 5.91 Å². The second-order valence-electron chi connectivity index (χ2n) is 10.0. The first-order valence-corrected chi connectivity index (χ1v) is 13.5. The molecule has 2 aromatic rings. The summed E-state index contributed by atoms with van der Waals surface area (Å²) in [5.41, 5.74) is 1.39. The van der Waals surface area contributed by atoms with Crippen molar-refractivity contribution in [2.24, 2.45) is 5.92 Å². The number of carbonyl (C=O) groups is 5. The molecule has 0 aliphatic carbocycles. The summed E-state index contributed by atoms with van der Waals surface area (Å²) in [6.45, 7) is 4.87. The zero-order valence-electron chi connectivity index (χ0n) is 23.6. The SMILES string of the molecule is CC(C)C[C@H](NC(=O)[C@@H](NC(=O)c1cccc(-c2ccccc2)n1)[C@@H](C)O)B1OC(=O)C[C@@H](C(=O)OCCOC=O)O1. The van der Waals surface area contributed by atoms with E-state index in [1.165, 1.54) is 13.0 Å². The maximum atomic E-state index is 13.3. The van der Waals surface area contributed by atoms with Crippen LogP contribution in [0, 0.1) is 5.92 Å². The van der Waals surface area contributed by atoms with Crippen molar-refractivity contribution < 1.29 is 47.9 Å². The van der Waals surface area contributed by atoms with Crippen molar-refractivity contribution >= 4 is 37.3 Å². The molecule has 0 spiro atoms. The van der Waals surface area contributed by atoms with Crippen molar-refractivity contribution in [1.82, 2.24) is 15.6 Å². The first-order valence-electron chi connectivity index (χ1n) is 13.5. The van der Waals surface area contributed by atoms with E-state index in [1.807, 2.05) is 44.2 Å². The molecule has 1 aliphatic heterocycles. The van der Waals surface area contributed by atoms with Gasteiger partial charge >= 0.3 is 13.1 Å². The highest BCUT2D eigenvalue weighted by atomic mass is 16.7. The molecule has 0 unspecified atom stereocenters. The van der Waals surface area contributed by atoms with Crippen LogP contribution in [0.25, 0.3) is 11.3 Å². The van der Waals surface area contributed by atoms with Gasteiger partial charge in [-0.05, 0) is 31.4 Å². The normalized spacial score (nSPS) is 16.9. The third-order valence-electron chi connectivity index (χ3n) is 6.16. The summed E-state index contributed by atoms with van der Waals surface area (Å²) in [7, 11) is -1.35. The second-order valence-corrected chi connectivity index (χ2v) is 10.0. The van der Waals surface area contributed by atoms with Crippen molar-refractivity contribution in [2.45, 2.75) is 57.8 Å². The number of nitrogens with zero attached hydrogens (tertiary/aromatic N) is 1. The van der Waals surface area contributed by atoms with Crippen LogP contribution in [0.1, 0.15) is 44.1 Å². The molecule has 0 radical (unpaired) electrons. The van der Waals surface area contributed by atoms with Gasteiger partial charge in [-0.2, -0.15) is 0 Å². The van der Waals surface area contributed by atoms with Gasteiger partial charge in [0.15, 0.2) is 6.10 Å². The Balaban J connectivity index is 1.71. The Kier molecular flexibility index (Phi) is 12.0. The molecule has 13 nitrogen and oxygen atoms in total. The molecule has 2 heterocycles. The highest BCUT2D eigenvalue weighted by molar-refractivity contribution is 6.50. The lowest BCUT2D eigenvalue weighted by Gasteiger charge is -2.32. The van der Waals surface area contributed by atoms with Gasteiger partial charge < -0.3 is 34.5 Å². The van der Waals surface area contributed by atoms with Crippen LogP contribution in [0.15, 0.2) is 48.5 Å². The van der Waals surface area contributed by atoms with E-state index in [-0.39, 0.29) is 37.7 Å². The first-order chi connectivity index (χ1) is 20.1. The van der Waals surface area contributed by atoms with Crippen LogP contribution < -0.4 is 10.6 Å². The number of aliphatic hydroxyl groups excluding tert-OH is 1. The Hall–Kier alpha value is -4.30. The maximum Gasteiger partial charge on any atom is 0.551 e. The average Bonchev–Trinajstić information content (AvgIpc) is 2.97. The molecule has 3 rings (SSSR count).